The number of rotatable bonds is 5. The maximum Gasteiger partial charge on any atom is 0.241 e. The monoisotopic (exact) mass is 424 g/mol. The molecule has 2 aromatic carbocycles. The molecule has 1 amide bonds. The molecule has 2 heterocycles. The minimum atomic E-state index is -0.701. The zero-order chi connectivity index (χ0) is 22.0. The molecule has 156 valence electrons. The van der Waals surface area contributed by atoms with Gasteiger partial charge in [0.15, 0.2) is 0 Å². The van der Waals surface area contributed by atoms with E-state index in [4.69, 9.17) is 4.52 Å². The molecular weight excluding hydrogens is 409 g/mol. The smallest absolute Gasteiger partial charge is 0.241 e. The van der Waals surface area contributed by atoms with Gasteiger partial charge in [0.1, 0.15) is 29.5 Å². The van der Waals surface area contributed by atoms with E-state index in [1.54, 1.807) is 19.1 Å². The summed E-state index contributed by atoms with van der Waals surface area (Å²) in [6, 6.07) is 8.88. The lowest BCUT2D eigenvalue weighted by molar-refractivity contribution is -0.115. The predicted octanol–water partition coefficient (Wildman–Crippen LogP) is 4.71. The van der Waals surface area contributed by atoms with Gasteiger partial charge in [0, 0.05) is 17.3 Å². The fourth-order valence-corrected chi connectivity index (χ4v) is 3.06. The van der Waals surface area contributed by atoms with Gasteiger partial charge in [0.25, 0.3) is 0 Å². The Balaban J connectivity index is 1.71. The quantitative estimate of drug-likeness (QED) is 0.502. The van der Waals surface area contributed by atoms with E-state index in [1.165, 1.54) is 24.7 Å². The van der Waals surface area contributed by atoms with Gasteiger partial charge in [-0.2, -0.15) is 0 Å². The maximum absolute atomic E-state index is 13.9. The van der Waals surface area contributed by atoms with Crippen molar-refractivity contribution in [2.45, 2.75) is 13.3 Å². The lowest BCUT2D eigenvalue weighted by atomic mass is 10.0. The van der Waals surface area contributed by atoms with Crippen molar-refractivity contribution in [1.29, 1.82) is 0 Å². The van der Waals surface area contributed by atoms with E-state index in [9.17, 15) is 18.0 Å². The molecule has 4 aromatic rings. The standard InChI is InChI=1S/C22H15F3N4O2/c1-12-8-13(2-4-16(12)24)21-20(18-6-7-26-11-27-18)22(31-29-21)28-19(30)10-14-9-15(23)3-5-17(14)25/h2-9,11H,10H2,1H3,(H,28,30). The molecule has 0 atom stereocenters. The number of nitrogens with zero attached hydrogens (tertiary/aromatic N) is 3. The number of halogens is 3. The molecule has 9 heteroatoms. The van der Waals surface area contributed by atoms with Crippen LogP contribution in [0.25, 0.3) is 22.5 Å². The van der Waals surface area contributed by atoms with E-state index in [2.05, 4.69) is 20.4 Å². The van der Waals surface area contributed by atoms with Crippen molar-refractivity contribution in [2.24, 2.45) is 0 Å². The molecule has 6 nitrogen and oxygen atoms in total. The summed E-state index contributed by atoms with van der Waals surface area (Å²) < 4.78 is 46.3. The molecule has 1 N–H and O–H groups in total. The molecule has 0 unspecified atom stereocenters. The van der Waals surface area contributed by atoms with Crippen LogP contribution in [0, 0.1) is 24.4 Å². The first-order valence-electron chi connectivity index (χ1n) is 9.18. The Morgan fingerprint density at radius 2 is 1.87 bits per heavy atom. The zero-order valence-corrected chi connectivity index (χ0v) is 16.2. The Morgan fingerprint density at radius 1 is 1.06 bits per heavy atom. The van der Waals surface area contributed by atoms with E-state index < -0.39 is 24.0 Å². The molecule has 0 radical (unpaired) electrons. The number of benzene rings is 2. The molecule has 0 saturated heterocycles. The molecule has 0 saturated carbocycles. The second kappa shape index (κ2) is 8.39. The molecule has 0 fully saturated rings. The Morgan fingerprint density at radius 3 is 2.61 bits per heavy atom. The average Bonchev–Trinajstić information content (AvgIpc) is 3.16. The highest BCUT2D eigenvalue weighted by Crippen LogP contribution is 2.37. The van der Waals surface area contributed by atoms with E-state index in [0.717, 1.165) is 18.2 Å². The van der Waals surface area contributed by atoms with E-state index in [1.807, 2.05) is 0 Å². The molecule has 0 aliphatic heterocycles. The van der Waals surface area contributed by atoms with Crippen LogP contribution in [0.15, 0.2) is 59.5 Å². The van der Waals surface area contributed by atoms with Crippen LogP contribution in [0.3, 0.4) is 0 Å². The van der Waals surface area contributed by atoms with Crippen LogP contribution in [-0.4, -0.2) is 21.0 Å². The Kier molecular flexibility index (Phi) is 5.48. The molecule has 0 aliphatic carbocycles. The third-order valence-corrected chi connectivity index (χ3v) is 4.57. The third kappa shape index (κ3) is 4.30. The van der Waals surface area contributed by atoms with Crippen LogP contribution in [0.4, 0.5) is 19.1 Å². The lowest BCUT2D eigenvalue weighted by Crippen LogP contribution is -2.15. The molecule has 0 bridgehead atoms. The SMILES string of the molecule is Cc1cc(-c2noc(NC(=O)Cc3cc(F)ccc3F)c2-c2ccncn2)ccc1F. The molecule has 4 rings (SSSR count). The first-order chi connectivity index (χ1) is 14.9. The van der Waals surface area contributed by atoms with Gasteiger partial charge in [-0.05, 0) is 55.0 Å². The van der Waals surface area contributed by atoms with Crippen molar-refractivity contribution < 1.29 is 22.5 Å². The number of hydrogen-bond acceptors (Lipinski definition) is 5. The summed E-state index contributed by atoms with van der Waals surface area (Å²) in [6.45, 7) is 1.61. The number of carbonyl (C=O) groups is 1. The first kappa shape index (κ1) is 20.3. The molecule has 31 heavy (non-hydrogen) atoms. The van der Waals surface area contributed by atoms with Crippen LogP contribution < -0.4 is 5.32 Å². The van der Waals surface area contributed by atoms with Crippen molar-refractivity contribution in [3.8, 4) is 22.5 Å². The highest BCUT2D eigenvalue weighted by Gasteiger charge is 2.23. The topological polar surface area (TPSA) is 80.9 Å². The van der Waals surface area contributed by atoms with Gasteiger partial charge >= 0.3 is 0 Å². The largest absolute Gasteiger partial charge is 0.337 e. The summed E-state index contributed by atoms with van der Waals surface area (Å²) in [4.78, 5) is 20.6. The van der Waals surface area contributed by atoms with Crippen LogP contribution in [0.2, 0.25) is 0 Å². The van der Waals surface area contributed by atoms with Crippen molar-refractivity contribution in [2.75, 3.05) is 5.32 Å². The Hall–Kier alpha value is -4.01. The Labute approximate surface area is 174 Å². The first-order valence-corrected chi connectivity index (χ1v) is 9.18. The van der Waals surface area contributed by atoms with Crippen molar-refractivity contribution in [3.05, 3.63) is 83.6 Å². The second-order valence-electron chi connectivity index (χ2n) is 6.75. The van der Waals surface area contributed by atoms with Crippen LogP contribution in [-0.2, 0) is 11.2 Å². The van der Waals surface area contributed by atoms with E-state index >= 15 is 0 Å². The normalized spacial score (nSPS) is 10.8. The minimum absolute atomic E-state index is 0.0301. The molecule has 0 spiro atoms. The highest BCUT2D eigenvalue weighted by molar-refractivity contribution is 5.97. The summed E-state index contributed by atoms with van der Waals surface area (Å²) in [7, 11) is 0. The van der Waals surface area contributed by atoms with Gasteiger partial charge in [0.05, 0.1) is 17.7 Å². The lowest BCUT2D eigenvalue weighted by Gasteiger charge is -2.07. The minimum Gasteiger partial charge on any atom is -0.337 e. The second-order valence-corrected chi connectivity index (χ2v) is 6.75. The summed E-state index contributed by atoms with van der Waals surface area (Å²) in [6.07, 6.45) is 2.40. The fraction of sp³-hybridized carbons (Fsp3) is 0.0909. The maximum atomic E-state index is 13.9. The Bertz CT molecular complexity index is 1260. The van der Waals surface area contributed by atoms with Gasteiger partial charge in [0.2, 0.25) is 11.8 Å². The number of nitrogens with one attached hydrogen (secondary N) is 1. The summed E-state index contributed by atoms with van der Waals surface area (Å²) >= 11 is 0. The van der Waals surface area contributed by atoms with Gasteiger partial charge in [-0.15, -0.1) is 0 Å². The van der Waals surface area contributed by atoms with Crippen molar-refractivity contribution in [3.63, 3.8) is 0 Å². The summed E-state index contributed by atoms with van der Waals surface area (Å²) in [5.74, 6) is -2.40. The number of anilines is 1. The molecule has 2 aromatic heterocycles. The number of carbonyl (C=O) groups excluding carboxylic acids is 1. The highest BCUT2D eigenvalue weighted by atomic mass is 19.1. The fourth-order valence-electron chi connectivity index (χ4n) is 3.06. The number of aryl methyl sites for hydroxylation is 1. The van der Waals surface area contributed by atoms with Gasteiger partial charge in [-0.25, -0.2) is 23.1 Å². The van der Waals surface area contributed by atoms with Gasteiger partial charge in [-0.1, -0.05) is 5.16 Å². The number of aromatic nitrogens is 3. The molecule has 0 aliphatic rings. The predicted molar refractivity (Wildman–Crippen MR) is 106 cm³/mol. The number of hydrogen-bond donors (Lipinski definition) is 1. The van der Waals surface area contributed by atoms with Crippen molar-refractivity contribution in [1.82, 2.24) is 15.1 Å². The van der Waals surface area contributed by atoms with E-state index in [0.29, 0.717) is 28.1 Å². The van der Waals surface area contributed by atoms with Gasteiger partial charge < -0.3 is 4.52 Å². The summed E-state index contributed by atoms with van der Waals surface area (Å²) in [5, 5.41) is 6.55. The van der Waals surface area contributed by atoms with Gasteiger partial charge in [-0.3, -0.25) is 10.1 Å². The van der Waals surface area contributed by atoms with Crippen LogP contribution in [0.1, 0.15) is 11.1 Å². The number of amides is 1. The average molecular weight is 424 g/mol. The van der Waals surface area contributed by atoms with Crippen LogP contribution >= 0.6 is 0 Å². The molecular formula is C22H15F3N4O2. The van der Waals surface area contributed by atoms with E-state index in [-0.39, 0.29) is 17.3 Å². The van der Waals surface area contributed by atoms with Crippen molar-refractivity contribution >= 4 is 11.8 Å². The summed E-state index contributed by atoms with van der Waals surface area (Å²) in [5.41, 5.74) is 1.93. The zero-order valence-electron chi connectivity index (χ0n) is 16.2. The van der Waals surface area contributed by atoms with Crippen LogP contribution in [0.5, 0.6) is 0 Å². The third-order valence-electron chi connectivity index (χ3n) is 4.57.